The first-order valence-corrected chi connectivity index (χ1v) is 13.6. The number of carbonyl (C=O) groups excluding carboxylic acids is 2. The van der Waals surface area contributed by atoms with Gasteiger partial charge in [-0.2, -0.15) is 0 Å². The van der Waals surface area contributed by atoms with Crippen LogP contribution >= 0.6 is 0 Å². The molecule has 3 aromatic rings. The number of aliphatic hydroxyl groups is 1. The second-order valence-electron chi connectivity index (χ2n) is 10.4. The van der Waals surface area contributed by atoms with E-state index in [0.717, 1.165) is 28.0 Å². The van der Waals surface area contributed by atoms with Crippen LogP contribution in [0.2, 0.25) is 0 Å². The maximum atomic E-state index is 13.9. The van der Waals surface area contributed by atoms with Crippen LogP contribution in [0.1, 0.15) is 35.3 Å². The average molecular weight is 546 g/mol. The molecule has 0 bridgehead atoms. The van der Waals surface area contributed by atoms with E-state index in [0.29, 0.717) is 31.8 Å². The summed E-state index contributed by atoms with van der Waals surface area (Å²) >= 11 is 0. The Morgan fingerprint density at radius 3 is 2.40 bits per heavy atom. The number of nitrogens with zero attached hydrogens (tertiary/aromatic N) is 2. The van der Waals surface area contributed by atoms with Crippen molar-refractivity contribution in [3.8, 4) is 16.9 Å². The van der Waals surface area contributed by atoms with E-state index in [1.165, 1.54) is 0 Å². The largest absolute Gasteiger partial charge is 0.497 e. The van der Waals surface area contributed by atoms with Gasteiger partial charge >= 0.3 is 6.03 Å². The van der Waals surface area contributed by atoms with Crippen LogP contribution in [0, 0.1) is 5.92 Å². The molecule has 0 aromatic heterocycles. The number of methoxy groups -OCH3 is 1. The number of carbonyl (C=O) groups is 2. The number of hydrogen-bond acceptors (Lipinski definition) is 5. The summed E-state index contributed by atoms with van der Waals surface area (Å²) in [6.07, 6.45) is -0.354. The van der Waals surface area contributed by atoms with Gasteiger partial charge in [-0.3, -0.25) is 4.79 Å². The van der Waals surface area contributed by atoms with E-state index in [2.05, 4.69) is 5.32 Å². The zero-order valence-electron chi connectivity index (χ0n) is 23.7. The molecule has 4 rings (SSSR count). The minimum atomic E-state index is -0.384. The number of ether oxygens (including phenoxy) is 2. The average Bonchev–Trinajstić information content (AvgIpc) is 3.01. The number of nitrogens with one attached hydrogen (secondary N) is 1. The molecule has 0 unspecified atom stereocenters. The number of likely N-dealkylation sites (N-methyl/N-ethyl adjacent to an activating group) is 1. The summed E-state index contributed by atoms with van der Waals surface area (Å²) in [5, 5.41) is 13.0. The fourth-order valence-electron chi connectivity index (χ4n) is 4.96. The summed E-state index contributed by atoms with van der Waals surface area (Å²) in [7, 11) is 3.36. The number of aliphatic hydroxyl groups excluding tert-OH is 1. The Morgan fingerprint density at radius 2 is 1.73 bits per heavy atom. The number of fused-ring (bicyclic) bond motifs is 3. The highest BCUT2D eigenvalue weighted by Crippen LogP contribution is 2.31. The minimum Gasteiger partial charge on any atom is -0.497 e. The highest BCUT2D eigenvalue weighted by Gasteiger charge is 2.31. The van der Waals surface area contributed by atoms with Gasteiger partial charge in [0.2, 0.25) is 0 Å². The highest BCUT2D eigenvalue weighted by molar-refractivity contribution is 6.01. The van der Waals surface area contributed by atoms with Crippen LogP contribution in [0.4, 0.5) is 4.79 Å². The highest BCUT2D eigenvalue weighted by atomic mass is 16.5. The molecule has 8 heteroatoms. The second kappa shape index (κ2) is 13.5. The Bertz CT molecular complexity index is 1300. The van der Waals surface area contributed by atoms with Crippen LogP contribution in [0.5, 0.6) is 5.75 Å². The third-order valence-electron chi connectivity index (χ3n) is 7.50. The molecular weight excluding hydrogens is 506 g/mol. The van der Waals surface area contributed by atoms with Crippen LogP contribution in [0.25, 0.3) is 11.1 Å². The molecule has 3 atom stereocenters. The maximum Gasteiger partial charge on any atom is 0.317 e. The molecule has 1 aliphatic heterocycles. The van der Waals surface area contributed by atoms with Gasteiger partial charge in [-0.25, -0.2) is 4.79 Å². The Kier molecular flexibility index (Phi) is 9.79. The predicted octanol–water partition coefficient (Wildman–Crippen LogP) is 4.56. The Balaban J connectivity index is 1.56. The maximum absolute atomic E-state index is 13.9. The van der Waals surface area contributed by atoms with Crippen molar-refractivity contribution in [1.82, 2.24) is 15.1 Å². The van der Waals surface area contributed by atoms with Gasteiger partial charge in [-0.15, -0.1) is 0 Å². The fourth-order valence-corrected chi connectivity index (χ4v) is 4.96. The second-order valence-corrected chi connectivity index (χ2v) is 10.4. The standard InChI is InChI=1S/C32H39N3O5/c1-22-18-35(23(2)20-36)31(37)29-12-8-7-11-28(29)27-10-6-5-9-25(27)21-40-30(22)19-34(3)32(38)33-17-24-13-15-26(39-4)16-14-24/h5-16,22-23,30,36H,17-21H2,1-4H3,(H,33,38)/t22-,23-,30+/m0/s1. The summed E-state index contributed by atoms with van der Waals surface area (Å²) in [5.74, 6) is 0.509. The van der Waals surface area contributed by atoms with Gasteiger partial charge in [0.15, 0.2) is 0 Å². The van der Waals surface area contributed by atoms with Crippen molar-refractivity contribution in [3.63, 3.8) is 0 Å². The summed E-state index contributed by atoms with van der Waals surface area (Å²) in [6, 6.07) is 22.5. The van der Waals surface area contributed by atoms with Crippen LogP contribution < -0.4 is 10.1 Å². The van der Waals surface area contributed by atoms with E-state index in [1.54, 1.807) is 24.0 Å². The molecule has 1 heterocycles. The summed E-state index contributed by atoms with van der Waals surface area (Å²) in [5.41, 5.74) is 4.29. The Hall–Kier alpha value is -3.88. The van der Waals surface area contributed by atoms with Gasteiger partial charge in [0.25, 0.3) is 5.91 Å². The van der Waals surface area contributed by atoms with E-state index in [9.17, 15) is 14.7 Å². The molecule has 3 amide bonds. The first-order valence-electron chi connectivity index (χ1n) is 13.6. The van der Waals surface area contributed by atoms with Gasteiger partial charge < -0.3 is 29.7 Å². The monoisotopic (exact) mass is 545 g/mol. The summed E-state index contributed by atoms with van der Waals surface area (Å²) in [6.45, 7) is 5.14. The van der Waals surface area contributed by atoms with Crippen molar-refractivity contribution in [2.24, 2.45) is 5.92 Å². The number of rotatable bonds is 7. The van der Waals surface area contributed by atoms with E-state index in [4.69, 9.17) is 9.47 Å². The van der Waals surface area contributed by atoms with Gasteiger partial charge in [0.05, 0.1) is 32.5 Å². The van der Waals surface area contributed by atoms with Crippen molar-refractivity contribution in [2.45, 2.75) is 39.1 Å². The summed E-state index contributed by atoms with van der Waals surface area (Å²) in [4.78, 5) is 30.3. The van der Waals surface area contributed by atoms with Crippen molar-refractivity contribution in [2.75, 3.05) is 33.9 Å². The SMILES string of the molecule is COc1ccc(CNC(=O)N(C)C[C@H]2OCc3ccccc3-c3ccccc3C(=O)N([C@@H](C)CO)C[C@@H]2C)cc1. The van der Waals surface area contributed by atoms with Crippen molar-refractivity contribution in [1.29, 1.82) is 0 Å². The Morgan fingerprint density at radius 1 is 1.07 bits per heavy atom. The third-order valence-corrected chi connectivity index (χ3v) is 7.50. The van der Waals surface area contributed by atoms with E-state index in [-0.39, 0.29) is 36.6 Å². The molecule has 3 aromatic carbocycles. The molecule has 40 heavy (non-hydrogen) atoms. The van der Waals surface area contributed by atoms with Crippen LogP contribution in [0.15, 0.2) is 72.8 Å². The van der Waals surface area contributed by atoms with Gasteiger partial charge in [0.1, 0.15) is 5.75 Å². The van der Waals surface area contributed by atoms with Crippen molar-refractivity contribution >= 4 is 11.9 Å². The quantitative estimate of drug-likeness (QED) is 0.454. The minimum absolute atomic E-state index is 0.118. The summed E-state index contributed by atoms with van der Waals surface area (Å²) < 4.78 is 11.7. The lowest BCUT2D eigenvalue weighted by Gasteiger charge is -2.35. The topological polar surface area (TPSA) is 91.3 Å². The first-order chi connectivity index (χ1) is 19.3. The third kappa shape index (κ3) is 6.81. The molecule has 1 aliphatic rings. The molecule has 0 spiro atoms. The number of urea groups is 1. The van der Waals surface area contributed by atoms with Gasteiger partial charge in [-0.1, -0.05) is 61.5 Å². The van der Waals surface area contributed by atoms with Crippen LogP contribution in [-0.2, 0) is 17.9 Å². The fraction of sp³-hybridized carbons (Fsp3) is 0.375. The molecular formula is C32H39N3O5. The lowest BCUT2D eigenvalue weighted by Crippen LogP contribution is -2.48. The zero-order valence-corrected chi connectivity index (χ0v) is 23.7. The molecule has 0 radical (unpaired) electrons. The molecule has 212 valence electrons. The normalized spacial score (nSPS) is 18.1. The van der Waals surface area contributed by atoms with Crippen LogP contribution in [-0.4, -0.2) is 72.8 Å². The molecule has 0 aliphatic carbocycles. The molecule has 2 N–H and O–H groups in total. The van der Waals surface area contributed by atoms with E-state index >= 15 is 0 Å². The first kappa shape index (κ1) is 29.1. The number of benzene rings is 3. The van der Waals surface area contributed by atoms with E-state index < -0.39 is 0 Å². The molecule has 0 saturated carbocycles. The molecule has 0 saturated heterocycles. The lowest BCUT2D eigenvalue weighted by molar-refractivity contribution is -0.0184. The zero-order chi connectivity index (χ0) is 28.6. The smallest absolute Gasteiger partial charge is 0.317 e. The Labute approximate surface area is 236 Å². The molecule has 0 fully saturated rings. The predicted molar refractivity (Wildman–Crippen MR) is 155 cm³/mol. The van der Waals surface area contributed by atoms with E-state index in [1.807, 2.05) is 86.6 Å². The lowest BCUT2D eigenvalue weighted by atomic mass is 9.94. The van der Waals surface area contributed by atoms with Crippen molar-refractivity contribution < 1.29 is 24.2 Å². The van der Waals surface area contributed by atoms with Crippen molar-refractivity contribution in [3.05, 3.63) is 89.5 Å². The van der Waals surface area contributed by atoms with Crippen LogP contribution in [0.3, 0.4) is 0 Å². The molecule has 8 nitrogen and oxygen atoms in total. The number of amides is 3. The number of hydrogen-bond donors (Lipinski definition) is 2. The van der Waals surface area contributed by atoms with Gasteiger partial charge in [0, 0.05) is 38.2 Å². The van der Waals surface area contributed by atoms with Gasteiger partial charge in [-0.05, 0) is 47.4 Å².